The summed E-state index contributed by atoms with van der Waals surface area (Å²) in [7, 11) is 0. The molecule has 0 aliphatic rings. The lowest BCUT2D eigenvalue weighted by Crippen LogP contribution is -2.29. The molecule has 0 radical (unpaired) electrons. The Hall–Kier alpha value is -1.82. The lowest BCUT2D eigenvalue weighted by atomic mass is 10.2. The van der Waals surface area contributed by atoms with Gasteiger partial charge in [0.05, 0.1) is 11.4 Å². The lowest BCUT2D eigenvalue weighted by Gasteiger charge is -2.12. The molecule has 1 aromatic rings. The minimum Gasteiger partial charge on any atom is -0.397 e. The van der Waals surface area contributed by atoms with E-state index in [1.807, 2.05) is 31.2 Å². The van der Waals surface area contributed by atoms with E-state index in [9.17, 15) is 4.79 Å². The Bertz CT molecular complexity index is 451. The maximum atomic E-state index is 11.2. The van der Waals surface area contributed by atoms with E-state index in [0.29, 0.717) is 23.8 Å². The van der Waals surface area contributed by atoms with Crippen LogP contribution in [-0.2, 0) is 4.79 Å². The van der Waals surface area contributed by atoms with Gasteiger partial charge in [0.2, 0.25) is 5.91 Å². The van der Waals surface area contributed by atoms with Gasteiger partial charge in [-0.3, -0.25) is 4.79 Å². The number of thiocarbonyl (C=S) groups is 1. The summed E-state index contributed by atoms with van der Waals surface area (Å²) < 4.78 is 0. The second-order valence-corrected chi connectivity index (χ2v) is 4.79. The minimum atomic E-state index is 0.102. The van der Waals surface area contributed by atoms with Gasteiger partial charge in [-0.05, 0) is 44.1 Å². The number of para-hydroxylation sites is 2. The van der Waals surface area contributed by atoms with Crippen LogP contribution in [0.15, 0.2) is 24.3 Å². The molecule has 1 rings (SSSR count). The zero-order valence-electron chi connectivity index (χ0n) is 11.7. The van der Waals surface area contributed by atoms with Crippen LogP contribution in [0.25, 0.3) is 0 Å². The number of nitrogens with two attached hydrogens (primary N) is 1. The van der Waals surface area contributed by atoms with E-state index in [2.05, 4.69) is 16.0 Å². The van der Waals surface area contributed by atoms with Gasteiger partial charge in [0.15, 0.2) is 5.11 Å². The maximum absolute atomic E-state index is 11.2. The van der Waals surface area contributed by atoms with Gasteiger partial charge in [0.25, 0.3) is 0 Å². The highest BCUT2D eigenvalue weighted by Gasteiger charge is 2.01. The Balaban J connectivity index is 2.15. The highest BCUT2D eigenvalue weighted by molar-refractivity contribution is 7.80. The van der Waals surface area contributed by atoms with E-state index >= 15 is 0 Å². The first kappa shape index (κ1) is 16.2. The Morgan fingerprint density at radius 2 is 2.00 bits per heavy atom. The van der Waals surface area contributed by atoms with Crippen LogP contribution in [0.1, 0.15) is 26.2 Å². The summed E-state index contributed by atoms with van der Waals surface area (Å²) in [6, 6.07) is 7.46. The SMILES string of the molecule is CCNC(=O)CCCCNC(=S)Nc1ccccc1N. The van der Waals surface area contributed by atoms with Crippen molar-refractivity contribution in [1.29, 1.82) is 0 Å². The predicted molar refractivity (Wildman–Crippen MR) is 87.6 cm³/mol. The number of hydrogen-bond acceptors (Lipinski definition) is 3. The fourth-order valence-electron chi connectivity index (χ4n) is 1.68. The number of hydrogen-bond donors (Lipinski definition) is 4. The van der Waals surface area contributed by atoms with Gasteiger partial charge in [0.1, 0.15) is 0 Å². The van der Waals surface area contributed by atoms with Crippen molar-refractivity contribution in [3.05, 3.63) is 24.3 Å². The molecule has 1 aromatic carbocycles. The van der Waals surface area contributed by atoms with Crippen molar-refractivity contribution in [3.63, 3.8) is 0 Å². The predicted octanol–water partition coefficient (Wildman–Crippen LogP) is 1.86. The average molecular weight is 294 g/mol. The van der Waals surface area contributed by atoms with E-state index in [1.165, 1.54) is 0 Å². The third-order valence-electron chi connectivity index (χ3n) is 2.70. The molecule has 0 saturated heterocycles. The molecule has 0 aliphatic heterocycles. The summed E-state index contributed by atoms with van der Waals surface area (Å²) in [5.41, 5.74) is 7.27. The fraction of sp³-hybridized carbons (Fsp3) is 0.429. The summed E-state index contributed by atoms with van der Waals surface area (Å²) in [6.07, 6.45) is 2.29. The maximum Gasteiger partial charge on any atom is 0.219 e. The zero-order chi connectivity index (χ0) is 14.8. The molecule has 5 nitrogen and oxygen atoms in total. The molecule has 0 fully saturated rings. The number of anilines is 2. The third kappa shape index (κ3) is 6.38. The van der Waals surface area contributed by atoms with Crippen LogP contribution in [0.4, 0.5) is 11.4 Å². The van der Waals surface area contributed by atoms with E-state index in [-0.39, 0.29) is 5.91 Å². The number of carbonyl (C=O) groups is 1. The quantitative estimate of drug-likeness (QED) is 0.351. The number of unbranched alkanes of at least 4 members (excludes halogenated alkanes) is 1. The van der Waals surface area contributed by atoms with Crippen LogP contribution >= 0.6 is 12.2 Å². The van der Waals surface area contributed by atoms with Gasteiger partial charge in [-0.25, -0.2) is 0 Å². The molecule has 1 amide bonds. The highest BCUT2D eigenvalue weighted by Crippen LogP contribution is 2.16. The van der Waals surface area contributed by atoms with Crippen LogP contribution < -0.4 is 21.7 Å². The molecule has 6 heteroatoms. The van der Waals surface area contributed by atoms with Crippen molar-refractivity contribution < 1.29 is 4.79 Å². The van der Waals surface area contributed by atoms with Crippen LogP contribution in [0.3, 0.4) is 0 Å². The molecular weight excluding hydrogens is 272 g/mol. The monoisotopic (exact) mass is 294 g/mol. The van der Waals surface area contributed by atoms with Gasteiger partial charge in [-0.15, -0.1) is 0 Å². The normalized spacial score (nSPS) is 9.85. The molecule has 0 heterocycles. The van der Waals surface area contributed by atoms with Crippen molar-refractivity contribution in [2.75, 3.05) is 24.1 Å². The van der Waals surface area contributed by atoms with E-state index in [0.717, 1.165) is 25.1 Å². The van der Waals surface area contributed by atoms with E-state index in [4.69, 9.17) is 18.0 Å². The summed E-state index contributed by atoms with van der Waals surface area (Å²) in [4.78, 5) is 11.2. The highest BCUT2D eigenvalue weighted by atomic mass is 32.1. The molecular formula is C14H22N4OS. The molecule has 0 bridgehead atoms. The molecule has 0 saturated carbocycles. The van der Waals surface area contributed by atoms with Gasteiger partial charge in [-0.2, -0.15) is 0 Å². The second kappa shape index (κ2) is 9.14. The van der Waals surface area contributed by atoms with Crippen LogP contribution in [0, 0.1) is 0 Å². The van der Waals surface area contributed by atoms with Gasteiger partial charge in [-0.1, -0.05) is 12.1 Å². The van der Waals surface area contributed by atoms with Crippen molar-refractivity contribution in [1.82, 2.24) is 10.6 Å². The summed E-state index contributed by atoms with van der Waals surface area (Å²) >= 11 is 5.18. The number of benzene rings is 1. The van der Waals surface area contributed by atoms with Crippen molar-refractivity contribution in [3.8, 4) is 0 Å². The number of carbonyl (C=O) groups excluding carboxylic acids is 1. The zero-order valence-corrected chi connectivity index (χ0v) is 12.6. The van der Waals surface area contributed by atoms with E-state index < -0.39 is 0 Å². The largest absolute Gasteiger partial charge is 0.397 e. The molecule has 5 N–H and O–H groups in total. The third-order valence-corrected chi connectivity index (χ3v) is 2.95. The first-order valence-electron chi connectivity index (χ1n) is 6.79. The van der Waals surface area contributed by atoms with Crippen LogP contribution in [-0.4, -0.2) is 24.1 Å². The first-order chi connectivity index (χ1) is 9.63. The summed E-state index contributed by atoms with van der Waals surface area (Å²) in [6.45, 7) is 3.33. The van der Waals surface area contributed by atoms with Gasteiger partial charge >= 0.3 is 0 Å². The van der Waals surface area contributed by atoms with Crippen molar-refractivity contribution >= 4 is 34.6 Å². The van der Waals surface area contributed by atoms with Crippen molar-refractivity contribution in [2.24, 2.45) is 0 Å². The van der Waals surface area contributed by atoms with Crippen LogP contribution in [0.2, 0.25) is 0 Å². The van der Waals surface area contributed by atoms with Gasteiger partial charge < -0.3 is 21.7 Å². The Morgan fingerprint density at radius 3 is 2.70 bits per heavy atom. The molecule has 0 aliphatic carbocycles. The van der Waals surface area contributed by atoms with Gasteiger partial charge in [0, 0.05) is 19.5 Å². The number of nitrogens with one attached hydrogen (secondary N) is 3. The molecule has 0 aromatic heterocycles. The first-order valence-corrected chi connectivity index (χ1v) is 7.20. The standard InChI is InChI=1S/C14H22N4OS/c1-2-16-13(19)9-5-6-10-17-14(20)18-12-8-4-3-7-11(12)15/h3-4,7-8H,2,5-6,9-10,15H2,1H3,(H,16,19)(H2,17,18,20). The average Bonchev–Trinajstić information content (AvgIpc) is 2.41. The Morgan fingerprint density at radius 1 is 1.25 bits per heavy atom. The minimum absolute atomic E-state index is 0.102. The topological polar surface area (TPSA) is 79.2 Å². The van der Waals surface area contributed by atoms with Crippen molar-refractivity contribution in [2.45, 2.75) is 26.2 Å². The fourth-order valence-corrected chi connectivity index (χ4v) is 1.89. The lowest BCUT2D eigenvalue weighted by molar-refractivity contribution is -0.121. The summed E-state index contributed by atoms with van der Waals surface area (Å²) in [5.74, 6) is 0.102. The number of rotatable bonds is 7. The van der Waals surface area contributed by atoms with Crippen LogP contribution in [0.5, 0.6) is 0 Å². The Kier molecular flexibility index (Phi) is 7.42. The molecule has 0 atom stereocenters. The Labute approximate surface area is 125 Å². The molecule has 20 heavy (non-hydrogen) atoms. The molecule has 110 valence electrons. The number of nitrogen functional groups attached to an aromatic ring is 1. The smallest absolute Gasteiger partial charge is 0.219 e. The number of amides is 1. The molecule has 0 unspecified atom stereocenters. The van der Waals surface area contributed by atoms with E-state index in [1.54, 1.807) is 0 Å². The summed E-state index contributed by atoms with van der Waals surface area (Å²) in [5, 5.41) is 9.46. The molecule has 0 spiro atoms. The second-order valence-electron chi connectivity index (χ2n) is 4.38.